The van der Waals surface area contributed by atoms with E-state index in [4.69, 9.17) is 11.6 Å². The van der Waals surface area contributed by atoms with Crippen molar-refractivity contribution in [1.82, 2.24) is 0 Å². The highest BCUT2D eigenvalue weighted by atomic mass is 35.5. The maximum Gasteiger partial charge on any atom is 0.350 e. The number of thioether (sulfide) groups is 1. The van der Waals surface area contributed by atoms with Gasteiger partial charge in [-0.25, -0.2) is 4.79 Å². The van der Waals surface area contributed by atoms with Crippen molar-refractivity contribution in [2.24, 2.45) is 0 Å². The first kappa shape index (κ1) is 12.8. The summed E-state index contributed by atoms with van der Waals surface area (Å²) in [5.41, 5.74) is 3.19. The molecule has 1 aliphatic heterocycles. The largest absolute Gasteiger partial charge is 0.465 e. The molecule has 1 heterocycles. The number of rotatable bonds is 1. The number of benzene rings is 1. The smallest absolute Gasteiger partial charge is 0.350 e. The second kappa shape index (κ2) is 4.69. The fraction of sp³-hybridized carbons (Fsp3) is 0.286. The Morgan fingerprint density at radius 2 is 2.00 bits per heavy atom. The first-order valence-corrected chi connectivity index (χ1v) is 7.17. The molecule has 0 atom stereocenters. The van der Waals surface area contributed by atoms with Gasteiger partial charge in [0.1, 0.15) is 5.03 Å². The Balaban J connectivity index is 2.06. The van der Waals surface area contributed by atoms with Crippen molar-refractivity contribution < 1.29 is 14.3 Å². The Kier molecular flexibility index (Phi) is 3.15. The zero-order valence-electron chi connectivity index (χ0n) is 10.3. The SMILES string of the molecule is COC(=O)/C(Cl)=C1\Sc2cc3c(cc2C1=O)CCC3. The molecule has 0 spiro atoms. The topological polar surface area (TPSA) is 43.4 Å². The van der Waals surface area contributed by atoms with Gasteiger partial charge in [-0.1, -0.05) is 23.4 Å². The van der Waals surface area contributed by atoms with Gasteiger partial charge in [-0.2, -0.15) is 0 Å². The molecule has 5 heteroatoms. The van der Waals surface area contributed by atoms with Crippen LogP contribution in [0.1, 0.15) is 27.9 Å². The molecule has 0 unspecified atom stereocenters. The molecule has 0 bridgehead atoms. The minimum atomic E-state index is -0.669. The van der Waals surface area contributed by atoms with E-state index in [1.54, 1.807) is 0 Å². The summed E-state index contributed by atoms with van der Waals surface area (Å²) in [6, 6.07) is 4.00. The van der Waals surface area contributed by atoms with Gasteiger partial charge >= 0.3 is 5.97 Å². The molecule has 98 valence electrons. The molecule has 19 heavy (non-hydrogen) atoms. The van der Waals surface area contributed by atoms with Gasteiger partial charge in [0.25, 0.3) is 0 Å². The zero-order chi connectivity index (χ0) is 13.6. The average Bonchev–Trinajstić information content (AvgIpc) is 2.99. The summed E-state index contributed by atoms with van der Waals surface area (Å²) in [7, 11) is 1.25. The molecule has 0 aromatic heterocycles. The molecular formula is C14H11ClO3S. The highest BCUT2D eigenvalue weighted by Crippen LogP contribution is 2.44. The number of Topliss-reactive ketones (excluding diaryl/α,β-unsaturated/α-hetero) is 1. The van der Waals surface area contributed by atoms with Crippen molar-refractivity contribution in [3.8, 4) is 0 Å². The third kappa shape index (κ3) is 1.99. The molecule has 0 fully saturated rings. The summed E-state index contributed by atoms with van der Waals surface area (Å²) in [4.78, 5) is 24.9. The number of hydrogen-bond acceptors (Lipinski definition) is 4. The van der Waals surface area contributed by atoms with E-state index >= 15 is 0 Å². The lowest BCUT2D eigenvalue weighted by Crippen LogP contribution is -2.05. The van der Waals surface area contributed by atoms with Crippen LogP contribution in [-0.4, -0.2) is 18.9 Å². The molecule has 3 rings (SSSR count). The molecule has 3 nitrogen and oxygen atoms in total. The number of ketones is 1. The highest BCUT2D eigenvalue weighted by Gasteiger charge is 2.32. The van der Waals surface area contributed by atoms with E-state index < -0.39 is 5.97 Å². The molecule has 2 aliphatic rings. The molecule has 1 aliphatic carbocycles. The van der Waals surface area contributed by atoms with E-state index in [2.05, 4.69) is 10.8 Å². The van der Waals surface area contributed by atoms with Gasteiger partial charge in [-0.05, 0) is 42.5 Å². The highest BCUT2D eigenvalue weighted by molar-refractivity contribution is 8.04. The van der Waals surface area contributed by atoms with Crippen LogP contribution in [0, 0.1) is 0 Å². The van der Waals surface area contributed by atoms with Crippen LogP contribution in [0.15, 0.2) is 27.0 Å². The third-order valence-corrected chi connectivity index (χ3v) is 5.03. The monoisotopic (exact) mass is 294 g/mol. The number of fused-ring (bicyclic) bond motifs is 2. The van der Waals surface area contributed by atoms with Crippen molar-refractivity contribution in [2.45, 2.75) is 24.2 Å². The molecule has 1 aromatic rings. The van der Waals surface area contributed by atoms with E-state index in [-0.39, 0.29) is 15.7 Å². The Bertz CT molecular complexity index is 634. The predicted molar refractivity (Wildman–Crippen MR) is 73.5 cm³/mol. The Morgan fingerprint density at radius 3 is 2.68 bits per heavy atom. The minimum Gasteiger partial charge on any atom is -0.465 e. The molecular weight excluding hydrogens is 284 g/mol. The quantitative estimate of drug-likeness (QED) is 0.590. The van der Waals surface area contributed by atoms with Crippen molar-refractivity contribution in [2.75, 3.05) is 7.11 Å². The number of halogens is 1. The first-order valence-electron chi connectivity index (χ1n) is 5.98. The predicted octanol–water partition coefficient (Wildman–Crippen LogP) is 3.09. The number of aryl methyl sites for hydroxylation is 2. The Morgan fingerprint density at radius 1 is 1.32 bits per heavy atom. The van der Waals surface area contributed by atoms with Gasteiger partial charge < -0.3 is 4.74 Å². The molecule has 0 N–H and O–H groups in total. The number of ether oxygens (including phenoxy) is 1. The molecule has 1 aromatic carbocycles. The lowest BCUT2D eigenvalue weighted by molar-refractivity contribution is -0.135. The molecule has 0 saturated heterocycles. The minimum absolute atomic E-state index is 0.131. The van der Waals surface area contributed by atoms with Gasteiger partial charge in [0, 0.05) is 10.5 Å². The maximum atomic E-state index is 12.3. The normalized spacial score (nSPS) is 19.2. The van der Waals surface area contributed by atoms with Crippen molar-refractivity contribution in [3.05, 3.63) is 38.8 Å². The number of carbonyl (C=O) groups is 2. The lowest BCUT2D eigenvalue weighted by atomic mass is 10.0. The number of methoxy groups -OCH3 is 1. The van der Waals surface area contributed by atoms with Crippen LogP contribution in [0.5, 0.6) is 0 Å². The average molecular weight is 295 g/mol. The Hall–Kier alpha value is -1.26. The van der Waals surface area contributed by atoms with Crippen LogP contribution in [0.4, 0.5) is 0 Å². The van der Waals surface area contributed by atoms with Gasteiger partial charge in [-0.15, -0.1) is 0 Å². The van der Waals surface area contributed by atoms with E-state index in [1.807, 2.05) is 6.07 Å². The van der Waals surface area contributed by atoms with E-state index in [9.17, 15) is 9.59 Å². The van der Waals surface area contributed by atoms with Gasteiger partial charge in [0.15, 0.2) is 0 Å². The number of allylic oxidation sites excluding steroid dienone is 1. The third-order valence-electron chi connectivity index (χ3n) is 3.42. The molecule has 0 saturated carbocycles. The summed E-state index contributed by atoms with van der Waals surface area (Å²) < 4.78 is 4.56. The van der Waals surface area contributed by atoms with Gasteiger partial charge in [0.05, 0.1) is 12.0 Å². The van der Waals surface area contributed by atoms with Gasteiger partial charge in [-0.3, -0.25) is 4.79 Å². The number of hydrogen-bond donors (Lipinski definition) is 0. The van der Waals surface area contributed by atoms with E-state index in [1.165, 1.54) is 30.0 Å². The van der Waals surface area contributed by atoms with Crippen LogP contribution >= 0.6 is 23.4 Å². The first-order chi connectivity index (χ1) is 9.11. The summed E-state index contributed by atoms with van der Waals surface area (Å²) in [5, 5.41) is -0.131. The van der Waals surface area contributed by atoms with Crippen LogP contribution < -0.4 is 0 Å². The fourth-order valence-electron chi connectivity index (χ4n) is 2.47. The van der Waals surface area contributed by atoms with Crippen molar-refractivity contribution in [1.29, 1.82) is 0 Å². The van der Waals surface area contributed by atoms with E-state index in [0.29, 0.717) is 5.56 Å². The maximum absolute atomic E-state index is 12.3. The zero-order valence-corrected chi connectivity index (χ0v) is 11.9. The lowest BCUT2D eigenvalue weighted by Gasteiger charge is -2.01. The van der Waals surface area contributed by atoms with Crippen molar-refractivity contribution >= 4 is 35.1 Å². The molecule has 0 amide bonds. The van der Waals surface area contributed by atoms with Crippen LogP contribution in [0.2, 0.25) is 0 Å². The second-order valence-corrected chi connectivity index (χ2v) is 5.97. The summed E-state index contributed by atoms with van der Waals surface area (Å²) in [6.07, 6.45) is 3.22. The summed E-state index contributed by atoms with van der Waals surface area (Å²) >= 11 is 7.17. The standard InChI is InChI=1S/C14H11ClO3S/c1-18-14(17)11(15)13-12(16)9-5-7-3-2-4-8(7)6-10(9)19-13/h5-6H,2-4H2,1H3/b13-11+. The number of carbonyl (C=O) groups excluding carboxylic acids is 2. The van der Waals surface area contributed by atoms with Crippen molar-refractivity contribution in [3.63, 3.8) is 0 Å². The summed E-state index contributed by atoms with van der Waals surface area (Å²) in [5.74, 6) is -0.844. The number of esters is 1. The van der Waals surface area contributed by atoms with Crippen LogP contribution in [0.3, 0.4) is 0 Å². The fourth-order valence-corrected chi connectivity index (χ4v) is 3.81. The van der Waals surface area contributed by atoms with Crippen LogP contribution in [0.25, 0.3) is 0 Å². The van der Waals surface area contributed by atoms with E-state index in [0.717, 1.165) is 24.2 Å². The summed E-state index contributed by atoms with van der Waals surface area (Å²) in [6.45, 7) is 0. The molecule has 0 radical (unpaired) electrons. The van der Waals surface area contributed by atoms with Gasteiger partial charge in [0.2, 0.25) is 5.78 Å². The second-order valence-electron chi connectivity index (χ2n) is 4.54. The Labute approximate surface area is 120 Å². The van der Waals surface area contributed by atoms with Crippen LogP contribution in [-0.2, 0) is 22.4 Å².